The Kier molecular flexibility index (Phi) is 4.06. The summed E-state index contributed by atoms with van der Waals surface area (Å²) in [4.78, 5) is 34.2. The number of benzene rings is 2. The van der Waals surface area contributed by atoms with E-state index in [1.54, 1.807) is 32.0 Å². The van der Waals surface area contributed by atoms with Crippen LogP contribution >= 0.6 is 0 Å². The summed E-state index contributed by atoms with van der Waals surface area (Å²) in [6.07, 6.45) is 0. The number of nitro benzene ring substituents is 1. The van der Waals surface area contributed by atoms with Gasteiger partial charge in [0.25, 0.3) is 11.6 Å². The summed E-state index contributed by atoms with van der Waals surface area (Å²) in [6.45, 7) is 3.37. The third kappa shape index (κ3) is 3.25. The number of nitrogens with zero attached hydrogens (tertiary/aromatic N) is 1. The number of hydrogen-bond acceptors (Lipinski definition) is 5. The molecule has 0 atom stereocenters. The van der Waals surface area contributed by atoms with Gasteiger partial charge < -0.3 is 9.73 Å². The molecule has 0 bridgehead atoms. The Morgan fingerprint density at radius 1 is 1.08 bits per heavy atom. The quantitative estimate of drug-likeness (QED) is 0.447. The molecule has 1 N–H and O–H groups in total. The first-order valence-corrected chi connectivity index (χ1v) is 7.46. The summed E-state index contributed by atoms with van der Waals surface area (Å²) in [5.41, 5.74) is 1.82. The average Bonchev–Trinajstić information content (AvgIpc) is 2.53. The third-order valence-electron chi connectivity index (χ3n) is 3.86. The molecule has 0 unspecified atom stereocenters. The van der Waals surface area contributed by atoms with Gasteiger partial charge in [0, 0.05) is 40.4 Å². The minimum atomic E-state index is -0.495. The first-order valence-electron chi connectivity index (χ1n) is 7.46. The fourth-order valence-electron chi connectivity index (χ4n) is 2.61. The second-order valence-corrected chi connectivity index (χ2v) is 5.67. The minimum absolute atomic E-state index is 0.0421. The van der Waals surface area contributed by atoms with Gasteiger partial charge in [-0.1, -0.05) is 0 Å². The molecule has 3 rings (SSSR count). The molecule has 0 aliphatic heterocycles. The molecule has 0 aliphatic rings. The van der Waals surface area contributed by atoms with E-state index in [9.17, 15) is 19.7 Å². The first kappa shape index (κ1) is 16.4. The van der Waals surface area contributed by atoms with Crippen molar-refractivity contribution < 1.29 is 14.1 Å². The van der Waals surface area contributed by atoms with Crippen molar-refractivity contribution in [2.24, 2.45) is 0 Å². The number of aryl methyl sites for hydroxylation is 2. The molecule has 1 amide bonds. The summed E-state index contributed by atoms with van der Waals surface area (Å²) in [6, 6.07) is 10.6. The Labute approximate surface area is 142 Å². The van der Waals surface area contributed by atoms with Crippen LogP contribution in [-0.2, 0) is 0 Å². The van der Waals surface area contributed by atoms with E-state index in [0.29, 0.717) is 22.4 Å². The fourth-order valence-corrected chi connectivity index (χ4v) is 2.61. The molecule has 126 valence electrons. The number of carbonyl (C=O) groups excluding carboxylic acids is 1. The summed E-state index contributed by atoms with van der Waals surface area (Å²) in [5.74, 6) is -0.410. The SMILES string of the molecule is Cc1cc(C(=O)Nc2ccc3c(C)cc(=O)oc3c2)ccc1[N+](=O)[O-]. The maximum Gasteiger partial charge on any atom is 0.336 e. The van der Waals surface area contributed by atoms with Gasteiger partial charge in [-0.3, -0.25) is 14.9 Å². The van der Waals surface area contributed by atoms with Gasteiger partial charge in [-0.15, -0.1) is 0 Å². The topological polar surface area (TPSA) is 102 Å². The molecular weight excluding hydrogens is 324 g/mol. The van der Waals surface area contributed by atoms with Crippen molar-refractivity contribution in [3.05, 3.63) is 79.7 Å². The van der Waals surface area contributed by atoms with Gasteiger partial charge in [0.15, 0.2) is 0 Å². The van der Waals surface area contributed by atoms with Crippen molar-refractivity contribution in [3.63, 3.8) is 0 Å². The van der Waals surface area contributed by atoms with Crippen LogP contribution in [0.15, 0.2) is 51.7 Å². The fraction of sp³-hybridized carbons (Fsp3) is 0.111. The Morgan fingerprint density at radius 3 is 2.52 bits per heavy atom. The number of nitro groups is 1. The molecule has 0 saturated carbocycles. The maximum atomic E-state index is 12.3. The van der Waals surface area contributed by atoms with E-state index in [1.807, 2.05) is 0 Å². The zero-order chi connectivity index (χ0) is 18.1. The van der Waals surface area contributed by atoms with Gasteiger partial charge in [0.1, 0.15) is 5.58 Å². The van der Waals surface area contributed by atoms with Crippen molar-refractivity contribution in [1.82, 2.24) is 0 Å². The molecule has 0 spiro atoms. The second-order valence-electron chi connectivity index (χ2n) is 5.67. The van der Waals surface area contributed by atoms with E-state index in [4.69, 9.17) is 4.42 Å². The molecule has 7 nitrogen and oxygen atoms in total. The van der Waals surface area contributed by atoms with E-state index in [-0.39, 0.29) is 5.69 Å². The zero-order valence-corrected chi connectivity index (χ0v) is 13.5. The van der Waals surface area contributed by atoms with Crippen LogP contribution in [0.25, 0.3) is 11.0 Å². The van der Waals surface area contributed by atoms with Crippen LogP contribution in [0.1, 0.15) is 21.5 Å². The Hall–Kier alpha value is -3.48. The lowest BCUT2D eigenvalue weighted by Gasteiger charge is -2.08. The molecule has 2 aromatic carbocycles. The number of fused-ring (bicyclic) bond motifs is 1. The Bertz CT molecular complexity index is 1070. The molecule has 0 radical (unpaired) electrons. The lowest BCUT2D eigenvalue weighted by Crippen LogP contribution is -2.12. The first-order chi connectivity index (χ1) is 11.8. The number of anilines is 1. The second kappa shape index (κ2) is 6.20. The number of rotatable bonds is 3. The molecule has 0 saturated heterocycles. The number of amides is 1. The monoisotopic (exact) mass is 338 g/mol. The van der Waals surface area contributed by atoms with Crippen molar-refractivity contribution in [2.75, 3.05) is 5.32 Å². The van der Waals surface area contributed by atoms with E-state index in [1.165, 1.54) is 24.3 Å². The van der Waals surface area contributed by atoms with Gasteiger partial charge >= 0.3 is 5.63 Å². The van der Waals surface area contributed by atoms with Gasteiger partial charge in [0.05, 0.1) is 4.92 Å². The lowest BCUT2D eigenvalue weighted by molar-refractivity contribution is -0.385. The molecule has 7 heteroatoms. The van der Waals surface area contributed by atoms with Crippen molar-refractivity contribution in [3.8, 4) is 0 Å². The van der Waals surface area contributed by atoms with Crippen LogP contribution in [0.5, 0.6) is 0 Å². The van der Waals surface area contributed by atoms with E-state index >= 15 is 0 Å². The summed E-state index contributed by atoms with van der Waals surface area (Å²) in [7, 11) is 0. The van der Waals surface area contributed by atoms with Crippen LogP contribution < -0.4 is 10.9 Å². The molecule has 0 fully saturated rings. The predicted molar refractivity (Wildman–Crippen MR) is 93.0 cm³/mol. The van der Waals surface area contributed by atoms with Crippen LogP contribution in [0.4, 0.5) is 11.4 Å². The number of hydrogen-bond donors (Lipinski definition) is 1. The van der Waals surface area contributed by atoms with Crippen LogP contribution in [-0.4, -0.2) is 10.8 Å². The predicted octanol–water partition coefficient (Wildman–Crippen LogP) is 3.57. The molecule has 25 heavy (non-hydrogen) atoms. The highest BCUT2D eigenvalue weighted by atomic mass is 16.6. The largest absolute Gasteiger partial charge is 0.423 e. The van der Waals surface area contributed by atoms with E-state index in [2.05, 4.69) is 5.32 Å². The molecule has 1 heterocycles. The van der Waals surface area contributed by atoms with Crippen molar-refractivity contribution >= 4 is 28.3 Å². The molecule has 1 aromatic heterocycles. The lowest BCUT2D eigenvalue weighted by atomic mass is 10.1. The highest BCUT2D eigenvalue weighted by molar-refractivity contribution is 6.05. The van der Waals surface area contributed by atoms with Crippen molar-refractivity contribution in [2.45, 2.75) is 13.8 Å². The summed E-state index contributed by atoms with van der Waals surface area (Å²) < 4.78 is 5.15. The maximum absolute atomic E-state index is 12.3. The standard InChI is InChI=1S/C18H14N2O5/c1-10-8-17(21)25-16-9-13(4-5-14(10)16)19-18(22)12-3-6-15(20(23)24)11(2)7-12/h3-9H,1-2H3,(H,19,22). The van der Waals surface area contributed by atoms with Gasteiger partial charge in [0.2, 0.25) is 0 Å². The van der Waals surface area contributed by atoms with E-state index in [0.717, 1.165) is 10.9 Å². The molecule has 0 aliphatic carbocycles. The number of carbonyl (C=O) groups is 1. The average molecular weight is 338 g/mol. The molecule has 3 aromatic rings. The van der Waals surface area contributed by atoms with Gasteiger partial charge in [-0.2, -0.15) is 0 Å². The Balaban J connectivity index is 1.90. The summed E-state index contributed by atoms with van der Waals surface area (Å²) >= 11 is 0. The zero-order valence-electron chi connectivity index (χ0n) is 13.5. The summed E-state index contributed by atoms with van der Waals surface area (Å²) in [5, 5.41) is 14.3. The Morgan fingerprint density at radius 2 is 1.84 bits per heavy atom. The van der Waals surface area contributed by atoms with Crippen LogP contribution in [0.2, 0.25) is 0 Å². The highest BCUT2D eigenvalue weighted by Crippen LogP contribution is 2.22. The van der Waals surface area contributed by atoms with Gasteiger partial charge in [-0.05, 0) is 43.7 Å². The van der Waals surface area contributed by atoms with Crippen LogP contribution in [0, 0.1) is 24.0 Å². The smallest absolute Gasteiger partial charge is 0.336 e. The number of nitrogens with one attached hydrogen (secondary N) is 1. The normalized spacial score (nSPS) is 10.6. The molecular formula is C18H14N2O5. The van der Waals surface area contributed by atoms with Gasteiger partial charge in [-0.25, -0.2) is 4.79 Å². The van der Waals surface area contributed by atoms with E-state index < -0.39 is 16.5 Å². The van der Waals surface area contributed by atoms with Crippen molar-refractivity contribution in [1.29, 1.82) is 0 Å². The van der Waals surface area contributed by atoms with Crippen LogP contribution in [0.3, 0.4) is 0 Å². The third-order valence-corrected chi connectivity index (χ3v) is 3.86. The minimum Gasteiger partial charge on any atom is -0.423 e. The highest BCUT2D eigenvalue weighted by Gasteiger charge is 2.14.